The Morgan fingerprint density at radius 1 is 1.03 bits per heavy atom. The monoisotopic (exact) mass is 491 g/mol. The summed E-state index contributed by atoms with van der Waals surface area (Å²) in [5.41, 5.74) is 3.50. The van der Waals surface area contributed by atoms with E-state index in [1.54, 1.807) is 24.3 Å². The van der Waals surface area contributed by atoms with Gasteiger partial charge in [-0.2, -0.15) is 0 Å². The Labute approximate surface area is 208 Å². The molecule has 2 unspecified atom stereocenters. The van der Waals surface area contributed by atoms with Crippen molar-refractivity contribution in [3.05, 3.63) is 94.0 Å². The summed E-state index contributed by atoms with van der Waals surface area (Å²) in [7, 11) is 0. The Hall–Kier alpha value is -3.51. The van der Waals surface area contributed by atoms with Gasteiger partial charge in [0.1, 0.15) is 11.5 Å². The zero-order valence-electron chi connectivity index (χ0n) is 19.1. The van der Waals surface area contributed by atoms with Crippen molar-refractivity contribution in [1.82, 2.24) is 5.32 Å². The van der Waals surface area contributed by atoms with Crippen molar-refractivity contribution in [1.29, 1.82) is 0 Å². The number of hydrogen-bond acceptors (Lipinski definition) is 4. The molecule has 7 heteroatoms. The lowest BCUT2D eigenvalue weighted by Gasteiger charge is -2.30. The van der Waals surface area contributed by atoms with Crippen molar-refractivity contribution >= 4 is 23.5 Å². The van der Waals surface area contributed by atoms with Crippen molar-refractivity contribution in [2.45, 2.75) is 43.8 Å². The lowest BCUT2D eigenvalue weighted by Crippen LogP contribution is -2.33. The van der Waals surface area contributed by atoms with Gasteiger partial charge in [0.2, 0.25) is 6.29 Å². The molecule has 0 saturated heterocycles. The van der Waals surface area contributed by atoms with Gasteiger partial charge in [0.05, 0.1) is 5.92 Å². The van der Waals surface area contributed by atoms with Crippen LogP contribution in [0, 0.1) is 0 Å². The normalized spacial score (nSPS) is 18.8. The van der Waals surface area contributed by atoms with E-state index in [9.17, 15) is 14.7 Å². The summed E-state index contributed by atoms with van der Waals surface area (Å²) in [6, 6.07) is 20.1. The first-order valence-electron chi connectivity index (χ1n) is 11.8. The van der Waals surface area contributed by atoms with E-state index in [2.05, 4.69) is 5.32 Å². The van der Waals surface area contributed by atoms with Gasteiger partial charge >= 0.3 is 5.97 Å². The number of amides is 1. The number of rotatable bonds is 8. The zero-order chi connectivity index (χ0) is 24.4. The minimum Gasteiger partial charge on any atom is -0.481 e. The molecule has 0 spiro atoms. The second kappa shape index (κ2) is 10.0. The minimum absolute atomic E-state index is 0.175. The Bertz CT molecular complexity index is 1220. The van der Waals surface area contributed by atoms with Crippen LogP contribution in [0.2, 0.25) is 5.02 Å². The molecule has 2 aliphatic rings. The van der Waals surface area contributed by atoms with Crippen molar-refractivity contribution in [3.8, 4) is 11.5 Å². The second-order valence-electron chi connectivity index (χ2n) is 9.02. The molecule has 2 atom stereocenters. The second-order valence-corrected chi connectivity index (χ2v) is 9.46. The van der Waals surface area contributed by atoms with Gasteiger partial charge in [-0.3, -0.25) is 9.59 Å². The maximum Gasteiger partial charge on any atom is 0.311 e. The molecule has 180 valence electrons. The molecule has 1 saturated carbocycles. The van der Waals surface area contributed by atoms with E-state index in [-0.39, 0.29) is 12.3 Å². The average Bonchev–Trinajstić information content (AvgIpc) is 3.70. The predicted octanol–water partition coefficient (Wildman–Crippen LogP) is 5.55. The smallest absolute Gasteiger partial charge is 0.311 e. The summed E-state index contributed by atoms with van der Waals surface area (Å²) in [6.07, 6.45) is 2.49. The number of ether oxygens (including phenoxy) is 2. The molecule has 35 heavy (non-hydrogen) atoms. The Balaban J connectivity index is 1.18. The van der Waals surface area contributed by atoms with Gasteiger partial charge in [-0.15, -0.1) is 0 Å². The number of benzene rings is 3. The quantitative estimate of drug-likeness (QED) is 0.432. The average molecular weight is 492 g/mol. The SMILES string of the molecule is O=C(NCCc1ccc(Cl)cc1)c1ccc(OC2CC(C(=O)O)c3cc(C4CC4)ccc3O2)cc1. The van der Waals surface area contributed by atoms with Gasteiger partial charge in [-0.1, -0.05) is 35.9 Å². The van der Waals surface area contributed by atoms with Crippen molar-refractivity contribution in [2.75, 3.05) is 6.54 Å². The van der Waals surface area contributed by atoms with Crippen LogP contribution >= 0.6 is 11.6 Å². The molecule has 1 fully saturated rings. The van der Waals surface area contributed by atoms with Crippen LogP contribution in [0.1, 0.15) is 58.1 Å². The molecule has 5 rings (SSSR count). The molecule has 0 bridgehead atoms. The molecular formula is C28H26ClNO5. The molecule has 3 aromatic rings. The van der Waals surface area contributed by atoms with Gasteiger partial charge in [-0.25, -0.2) is 0 Å². The van der Waals surface area contributed by atoms with Crippen LogP contribution < -0.4 is 14.8 Å². The molecule has 0 radical (unpaired) electrons. The van der Waals surface area contributed by atoms with Crippen molar-refractivity contribution < 1.29 is 24.2 Å². The highest BCUT2D eigenvalue weighted by Gasteiger charge is 2.35. The number of aliphatic carboxylic acids is 1. The number of hydrogen-bond donors (Lipinski definition) is 2. The Morgan fingerprint density at radius 3 is 2.46 bits per heavy atom. The molecule has 1 aliphatic heterocycles. The van der Waals surface area contributed by atoms with Crippen molar-refractivity contribution in [3.63, 3.8) is 0 Å². The predicted molar refractivity (Wildman–Crippen MR) is 132 cm³/mol. The lowest BCUT2D eigenvalue weighted by atomic mass is 9.90. The van der Waals surface area contributed by atoms with Crippen LogP contribution in [0.4, 0.5) is 0 Å². The summed E-state index contributed by atoms with van der Waals surface area (Å²) in [6.45, 7) is 0.507. The van der Waals surface area contributed by atoms with Gasteiger partial charge in [-0.05, 0) is 78.8 Å². The van der Waals surface area contributed by atoms with Gasteiger partial charge in [0.15, 0.2) is 0 Å². The third-order valence-corrected chi connectivity index (χ3v) is 6.69. The summed E-state index contributed by atoms with van der Waals surface area (Å²) in [5.74, 6) is -0.151. The molecular weight excluding hydrogens is 466 g/mol. The Kier molecular flexibility index (Phi) is 6.64. The van der Waals surface area contributed by atoms with Crippen LogP contribution in [-0.2, 0) is 11.2 Å². The lowest BCUT2D eigenvalue weighted by molar-refractivity contribution is -0.141. The standard InChI is InChI=1S/C28H26ClNO5/c29-21-8-1-17(2-9-21)13-14-30-27(31)19-5-10-22(11-6-19)34-26-16-24(28(32)33)23-15-20(18-3-4-18)7-12-25(23)35-26/h1-2,5-12,15,18,24,26H,3-4,13-14,16H2,(H,30,31)(H,32,33). The van der Waals surface area contributed by atoms with E-state index in [0.717, 1.165) is 18.4 Å². The largest absolute Gasteiger partial charge is 0.481 e. The number of carboxylic acids is 1. The first-order valence-corrected chi connectivity index (χ1v) is 12.2. The van der Waals surface area contributed by atoms with Crippen LogP contribution in [0.15, 0.2) is 66.7 Å². The third-order valence-electron chi connectivity index (χ3n) is 6.44. The highest BCUT2D eigenvalue weighted by Crippen LogP contribution is 2.44. The van der Waals surface area contributed by atoms with E-state index in [0.29, 0.717) is 46.5 Å². The minimum atomic E-state index is -0.887. The van der Waals surface area contributed by atoms with Crippen LogP contribution in [0.5, 0.6) is 11.5 Å². The number of carbonyl (C=O) groups is 2. The number of carboxylic acid groups (broad SMARTS) is 1. The summed E-state index contributed by atoms with van der Waals surface area (Å²) in [5, 5.41) is 13.4. The van der Waals surface area contributed by atoms with Crippen LogP contribution in [0.3, 0.4) is 0 Å². The molecule has 2 N–H and O–H groups in total. The van der Waals surface area contributed by atoms with Gasteiger partial charge < -0.3 is 19.9 Å². The molecule has 3 aromatic carbocycles. The molecule has 6 nitrogen and oxygen atoms in total. The molecule has 1 aliphatic carbocycles. The first kappa shape index (κ1) is 23.2. The molecule has 1 amide bonds. The summed E-state index contributed by atoms with van der Waals surface area (Å²) in [4.78, 5) is 24.4. The maximum atomic E-state index is 12.5. The van der Waals surface area contributed by atoms with Crippen molar-refractivity contribution in [2.24, 2.45) is 0 Å². The van der Waals surface area contributed by atoms with E-state index in [1.807, 2.05) is 42.5 Å². The zero-order valence-corrected chi connectivity index (χ0v) is 19.8. The van der Waals surface area contributed by atoms with Crippen LogP contribution in [-0.4, -0.2) is 29.8 Å². The molecule has 1 heterocycles. The third kappa shape index (κ3) is 5.60. The summed E-state index contributed by atoms with van der Waals surface area (Å²) >= 11 is 5.90. The topological polar surface area (TPSA) is 84.9 Å². The molecule has 0 aromatic heterocycles. The number of fused-ring (bicyclic) bond motifs is 1. The highest BCUT2D eigenvalue weighted by molar-refractivity contribution is 6.30. The first-order chi connectivity index (χ1) is 17.0. The van der Waals surface area contributed by atoms with E-state index in [4.69, 9.17) is 21.1 Å². The number of nitrogens with one attached hydrogen (secondary N) is 1. The van der Waals surface area contributed by atoms with Crippen LogP contribution in [0.25, 0.3) is 0 Å². The summed E-state index contributed by atoms with van der Waals surface area (Å²) < 4.78 is 11.9. The fourth-order valence-corrected chi connectivity index (χ4v) is 4.47. The maximum absolute atomic E-state index is 12.5. The van der Waals surface area contributed by atoms with E-state index in [1.165, 1.54) is 5.56 Å². The van der Waals surface area contributed by atoms with E-state index >= 15 is 0 Å². The van der Waals surface area contributed by atoms with Gasteiger partial charge in [0, 0.05) is 29.1 Å². The number of carbonyl (C=O) groups excluding carboxylic acids is 1. The number of halogens is 1. The van der Waals surface area contributed by atoms with Gasteiger partial charge in [0.25, 0.3) is 5.91 Å². The fraction of sp³-hybridized carbons (Fsp3) is 0.286. The highest BCUT2D eigenvalue weighted by atomic mass is 35.5. The fourth-order valence-electron chi connectivity index (χ4n) is 4.34. The Morgan fingerprint density at radius 2 is 1.77 bits per heavy atom. The van der Waals surface area contributed by atoms with E-state index < -0.39 is 18.2 Å².